The van der Waals surface area contributed by atoms with Crippen molar-refractivity contribution in [1.82, 2.24) is 15.5 Å². The minimum atomic E-state index is -0.745. The molecule has 0 saturated carbocycles. The molecule has 8 heteroatoms. The van der Waals surface area contributed by atoms with Gasteiger partial charge in [-0.3, -0.25) is 0 Å². The summed E-state index contributed by atoms with van der Waals surface area (Å²) in [5.74, 6) is 0.645. The lowest BCUT2D eigenvalue weighted by Gasteiger charge is -2.16. The van der Waals surface area contributed by atoms with Gasteiger partial charge in [-0.05, 0) is 55.9 Å². The summed E-state index contributed by atoms with van der Waals surface area (Å²) in [7, 11) is 4.11. The Bertz CT molecular complexity index is 765. The van der Waals surface area contributed by atoms with Crippen LogP contribution in [0, 0.1) is 0 Å². The molecule has 2 aromatic carbocycles. The average molecular weight is 551 g/mol. The van der Waals surface area contributed by atoms with Crippen molar-refractivity contribution >= 4 is 53.1 Å². The van der Waals surface area contributed by atoms with Gasteiger partial charge in [0.15, 0.2) is 5.96 Å². The second-order valence-electron chi connectivity index (χ2n) is 6.85. The highest BCUT2D eigenvalue weighted by molar-refractivity contribution is 14.0. The van der Waals surface area contributed by atoms with Crippen molar-refractivity contribution in [3.63, 3.8) is 0 Å². The molecule has 2 rings (SSSR count). The summed E-state index contributed by atoms with van der Waals surface area (Å²) < 4.78 is 0. The smallest absolute Gasteiger partial charge is 0.191 e. The first-order chi connectivity index (χ1) is 13.4. The van der Waals surface area contributed by atoms with Gasteiger partial charge in [0.05, 0.1) is 12.6 Å². The topological polar surface area (TPSA) is 59.9 Å². The molecule has 0 aromatic heterocycles. The van der Waals surface area contributed by atoms with Gasteiger partial charge in [0.1, 0.15) is 0 Å². The molecule has 29 heavy (non-hydrogen) atoms. The fraction of sp³-hybridized carbons (Fsp3) is 0.381. The highest BCUT2D eigenvalue weighted by atomic mass is 127. The SMILES string of the molecule is CCNC(=NCc1ccc(CN(C)C)cc1)NCC(O)c1cc(Cl)cc(Cl)c1.I. The summed E-state index contributed by atoms with van der Waals surface area (Å²) in [4.78, 5) is 6.73. The van der Waals surface area contributed by atoms with E-state index in [-0.39, 0.29) is 24.0 Å². The first-order valence-corrected chi connectivity index (χ1v) is 10.0. The molecule has 3 N–H and O–H groups in total. The largest absolute Gasteiger partial charge is 0.387 e. The molecule has 0 amide bonds. The van der Waals surface area contributed by atoms with E-state index in [0.717, 1.165) is 18.7 Å². The van der Waals surface area contributed by atoms with E-state index in [9.17, 15) is 5.11 Å². The Morgan fingerprint density at radius 2 is 1.62 bits per heavy atom. The van der Waals surface area contributed by atoms with Crippen molar-refractivity contribution in [2.75, 3.05) is 27.2 Å². The number of hydrogen-bond acceptors (Lipinski definition) is 3. The summed E-state index contributed by atoms with van der Waals surface area (Å²) in [6.07, 6.45) is -0.745. The molecular formula is C21H29Cl2IN4O. The normalized spacial score (nSPS) is 12.4. The van der Waals surface area contributed by atoms with E-state index in [0.29, 0.717) is 34.7 Å². The van der Waals surface area contributed by atoms with Crippen LogP contribution in [0.25, 0.3) is 0 Å². The lowest BCUT2D eigenvalue weighted by molar-refractivity contribution is 0.181. The van der Waals surface area contributed by atoms with Crippen LogP contribution in [0.4, 0.5) is 0 Å². The maximum atomic E-state index is 10.4. The van der Waals surface area contributed by atoms with E-state index in [1.807, 2.05) is 6.92 Å². The van der Waals surface area contributed by atoms with E-state index in [4.69, 9.17) is 23.2 Å². The van der Waals surface area contributed by atoms with Crippen LogP contribution in [0.5, 0.6) is 0 Å². The van der Waals surface area contributed by atoms with Gasteiger partial charge in [-0.15, -0.1) is 24.0 Å². The Morgan fingerprint density at radius 3 is 2.17 bits per heavy atom. The number of guanidine groups is 1. The summed E-state index contributed by atoms with van der Waals surface area (Å²) >= 11 is 12.0. The average Bonchev–Trinajstić information content (AvgIpc) is 2.63. The molecule has 160 valence electrons. The van der Waals surface area contributed by atoms with Gasteiger partial charge in [0.25, 0.3) is 0 Å². The van der Waals surface area contributed by atoms with E-state index in [1.165, 1.54) is 5.56 Å². The zero-order chi connectivity index (χ0) is 20.5. The first-order valence-electron chi connectivity index (χ1n) is 9.26. The van der Waals surface area contributed by atoms with E-state index < -0.39 is 6.10 Å². The maximum absolute atomic E-state index is 10.4. The van der Waals surface area contributed by atoms with Crippen LogP contribution < -0.4 is 10.6 Å². The van der Waals surface area contributed by atoms with Crippen molar-refractivity contribution < 1.29 is 5.11 Å². The quantitative estimate of drug-likeness (QED) is 0.258. The van der Waals surface area contributed by atoms with E-state index in [2.05, 4.69) is 58.9 Å². The van der Waals surface area contributed by atoms with Crippen LogP contribution in [0.2, 0.25) is 10.0 Å². The molecule has 0 bridgehead atoms. The van der Waals surface area contributed by atoms with Crippen LogP contribution >= 0.6 is 47.2 Å². The predicted octanol–water partition coefficient (Wildman–Crippen LogP) is 4.46. The Balaban J connectivity index is 0.00000420. The lowest BCUT2D eigenvalue weighted by atomic mass is 10.1. The Morgan fingerprint density at radius 1 is 1.03 bits per heavy atom. The van der Waals surface area contributed by atoms with Crippen molar-refractivity contribution in [3.8, 4) is 0 Å². The molecule has 1 unspecified atom stereocenters. The van der Waals surface area contributed by atoms with Gasteiger partial charge >= 0.3 is 0 Å². The third-order valence-corrected chi connectivity index (χ3v) is 4.45. The standard InChI is InChI=1S/C21H28Cl2N4O.HI/c1-4-24-21(25-12-15-5-7-16(8-6-15)14-27(2)3)26-13-20(28)17-9-18(22)11-19(23)10-17;/h5-11,20,28H,4,12-14H2,1-3H3,(H2,24,25,26);1H. The monoisotopic (exact) mass is 550 g/mol. The van der Waals surface area contributed by atoms with Gasteiger partial charge in [-0.2, -0.15) is 0 Å². The molecule has 0 aliphatic heterocycles. The second-order valence-corrected chi connectivity index (χ2v) is 7.72. The fourth-order valence-electron chi connectivity index (χ4n) is 2.71. The van der Waals surface area contributed by atoms with Crippen molar-refractivity contribution in [3.05, 3.63) is 69.2 Å². The molecule has 2 aromatic rings. The summed E-state index contributed by atoms with van der Waals surface area (Å²) in [5.41, 5.74) is 3.06. The van der Waals surface area contributed by atoms with E-state index >= 15 is 0 Å². The number of nitrogens with one attached hydrogen (secondary N) is 2. The highest BCUT2D eigenvalue weighted by Crippen LogP contribution is 2.23. The number of benzene rings is 2. The van der Waals surface area contributed by atoms with Crippen LogP contribution in [0.1, 0.15) is 29.7 Å². The van der Waals surface area contributed by atoms with Gasteiger partial charge in [-0.1, -0.05) is 47.5 Å². The van der Waals surface area contributed by atoms with Gasteiger partial charge < -0.3 is 20.6 Å². The molecule has 0 aliphatic carbocycles. The molecule has 0 saturated heterocycles. The number of rotatable bonds is 8. The molecule has 0 aliphatic rings. The second kappa shape index (κ2) is 13.3. The minimum absolute atomic E-state index is 0. The highest BCUT2D eigenvalue weighted by Gasteiger charge is 2.10. The van der Waals surface area contributed by atoms with Crippen molar-refractivity contribution in [2.45, 2.75) is 26.1 Å². The lowest BCUT2D eigenvalue weighted by Crippen LogP contribution is -2.39. The molecular weight excluding hydrogens is 522 g/mol. The third kappa shape index (κ3) is 9.53. The zero-order valence-corrected chi connectivity index (χ0v) is 20.8. The fourth-order valence-corrected chi connectivity index (χ4v) is 3.25. The van der Waals surface area contributed by atoms with E-state index in [1.54, 1.807) is 18.2 Å². The number of aliphatic hydroxyl groups is 1. The number of nitrogens with zero attached hydrogens (tertiary/aromatic N) is 2. The van der Waals surface area contributed by atoms with Gasteiger partial charge in [0, 0.05) is 29.7 Å². The summed E-state index contributed by atoms with van der Waals surface area (Å²) in [6, 6.07) is 13.5. The predicted molar refractivity (Wildman–Crippen MR) is 133 cm³/mol. The zero-order valence-electron chi connectivity index (χ0n) is 17.0. The summed E-state index contributed by atoms with van der Waals surface area (Å²) in [5, 5.41) is 17.8. The Labute approximate surface area is 200 Å². The molecule has 0 fully saturated rings. The molecule has 5 nitrogen and oxygen atoms in total. The number of hydrogen-bond donors (Lipinski definition) is 3. The summed E-state index contributed by atoms with van der Waals surface area (Å²) in [6.45, 7) is 4.49. The third-order valence-electron chi connectivity index (χ3n) is 4.02. The molecule has 0 spiro atoms. The Hall–Kier alpha value is -1.06. The number of halogens is 3. The van der Waals surface area contributed by atoms with Crippen molar-refractivity contribution in [2.24, 2.45) is 4.99 Å². The van der Waals surface area contributed by atoms with Crippen LogP contribution in [0.15, 0.2) is 47.5 Å². The molecule has 1 atom stereocenters. The van der Waals surface area contributed by atoms with Gasteiger partial charge in [-0.25, -0.2) is 4.99 Å². The van der Waals surface area contributed by atoms with Crippen LogP contribution in [-0.2, 0) is 13.1 Å². The van der Waals surface area contributed by atoms with Crippen LogP contribution in [0.3, 0.4) is 0 Å². The van der Waals surface area contributed by atoms with Crippen molar-refractivity contribution in [1.29, 1.82) is 0 Å². The number of aliphatic imine (C=N–C) groups is 1. The Kier molecular flexibility index (Phi) is 11.9. The maximum Gasteiger partial charge on any atom is 0.191 e. The van der Waals surface area contributed by atoms with Gasteiger partial charge in [0.2, 0.25) is 0 Å². The first kappa shape index (κ1) is 26.0. The molecule has 0 radical (unpaired) electrons. The van der Waals surface area contributed by atoms with Crippen LogP contribution in [-0.4, -0.2) is 43.2 Å². The molecule has 0 heterocycles. The number of aliphatic hydroxyl groups excluding tert-OH is 1. The minimum Gasteiger partial charge on any atom is -0.387 e.